The first-order valence-electron chi connectivity index (χ1n) is 7.48. The second kappa shape index (κ2) is 7.16. The van der Waals surface area contributed by atoms with Crippen molar-refractivity contribution in [2.75, 3.05) is 6.61 Å². The minimum absolute atomic E-state index is 0.0872. The molecule has 1 N–H and O–H groups in total. The SMILES string of the molecule is O=C(CCn1c(=O)oc2cc(Cl)ccc21)NOC1CCCCO1. The second-order valence-electron chi connectivity index (χ2n) is 5.32. The molecule has 8 heteroatoms. The number of aryl methyl sites for hydroxylation is 1. The van der Waals surface area contributed by atoms with E-state index in [4.69, 9.17) is 25.6 Å². The number of benzene rings is 1. The van der Waals surface area contributed by atoms with E-state index < -0.39 is 12.0 Å². The quantitative estimate of drug-likeness (QED) is 0.844. The lowest BCUT2D eigenvalue weighted by Gasteiger charge is -2.22. The Balaban J connectivity index is 1.56. The van der Waals surface area contributed by atoms with Crippen molar-refractivity contribution >= 4 is 28.6 Å². The molecular formula is C15H17ClN2O5. The maximum absolute atomic E-state index is 11.8. The van der Waals surface area contributed by atoms with Crippen LogP contribution in [0.15, 0.2) is 27.4 Å². The number of aromatic nitrogens is 1. The molecule has 2 aromatic rings. The molecule has 1 aliphatic rings. The van der Waals surface area contributed by atoms with Crippen molar-refractivity contribution in [1.29, 1.82) is 0 Å². The van der Waals surface area contributed by atoms with Crippen LogP contribution in [0, 0.1) is 0 Å². The lowest BCUT2D eigenvalue weighted by Crippen LogP contribution is -2.33. The van der Waals surface area contributed by atoms with E-state index in [9.17, 15) is 9.59 Å². The van der Waals surface area contributed by atoms with Crippen LogP contribution in [-0.4, -0.2) is 23.4 Å². The van der Waals surface area contributed by atoms with Crippen LogP contribution in [0.5, 0.6) is 0 Å². The maximum Gasteiger partial charge on any atom is 0.419 e. The lowest BCUT2D eigenvalue weighted by molar-refractivity contribution is -0.200. The van der Waals surface area contributed by atoms with Crippen molar-refractivity contribution in [2.24, 2.45) is 0 Å². The highest BCUT2D eigenvalue weighted by Gasteiger charge is 2.16. The molecule has 0 saturated carbocycles. The smallest absolute Gasteiger partial charge is 0.408 e. The summed E-state index contributed by atoms with van der Waals surface area (Å²) in [5.41, 5.74) is 3.36. The number of nitrogens with one attached hydrogen (secondary N) is 1. The fraction of sp³-hybridized carbons (Fsp3) is 0.467. The van der Waals surface area contributed by atoms with Crippen LogP contribution in [0.2, 0.25) is 5.02 Å². The Morgan fingerprint density at radius 1 is 1.43 bits per heavy atom. The number of rotatable bonds is 5. The van der Waals surface area contributed by atoms with Gasteiger partial charge in [0.25, 0.3) is 0 Å². The first-order valence-corrected chi connectivity index (χ1v) is 7.86. The predicted molar refractivity (Wildman–Crippen MR) is 82.9 cm³/mol. The molecule has 1 atom stereocenters. The molecule has 0 bridgehead atoms. The number of halogens is 1. The number of hydrogen-bond acceptors (Lipinski definition) is 5. The molecule has 0 aliphatic carbocycles. The fourth-order valence-electron chi connectivity index (χ4n) is 2.45. The van der Waals surface area contributed by atoms with Crippen molar-refractivity contribution in [1.82, 2.24) is 10.0 Å². The van der Waals surface area contributed by atoms with Gasteiger partial charge in [-0.3, -0.25) is 9.36 Å². The van der Waals surface area contributed by atoms with Crippen molar-refractivity contribution in [3.63, 3.8) is 0 Å². The van der Waals surface area contributed by atoms with Crippen molar-refractivity contribution in [2.45, 2.75) is 38.5 Å². The number of ether oxygens (including phenoxy) is 1. The van der Waals surface area contributed by atoms with E-state index in [0.717, 1.165) is 19.3 Å². The highest BCUT2D eigenvalue weighted by Crippen LogP contribution is 2.18. The summed E-state index contributed by atoms with van der Waals surface area (Å²) in [6.07, 6.45) is 2.47. The highest BCUT2D eigenvalue weighted by molar-refractivity contribution is 6.31. The largest absolute Gasteiger partial charge is 0.419 e. The number of hydroxylamine groups is 1. The summed E-state index contributed by atoms with van der Waals surface area (Å²) in [7, 11) is 0. The van der Waals surface area contributed by atoms with Crippen molar-refractivity contribution in [3.8, 4) is 0 Å². The number of amides is 1. The number of nitrogens with zero attached hydrogens (tertiary/aromatic N) is 1. The van der Waals surface area contributed by atoms with Crippen LogP contribution in [0.3, 0.4) is 0 Å². The minimum atomic E-state index is -0.522. The van der Waals surface area contributed by atoms with E-state index >= 15 is 0 Å². The number of oxazole rings is 1. The number of carbonyl (C=O) groups excluding carboxylic acids is 1. The Kier molecular flexibility index (Phi) is 5.00. The third-order valence-electron chi connectivity index (χ3n) is 3.63. The standard InChI is InChI=1S/C15H17ClN2O5/c16-10-4-5-11-12(9-10)22-15(20)18(11)7-6-13(19)17-23-14-3-1-2-8-21-14/h4-5,9,14H,1-3,6-8H2,(H,17,19). The summed E-state index contributed by atoms with van der Waals surface area (Å²) in [4.78, 5) is 28.9. The Bertz CT molecular complexity index is 748. The number of fused-ring (bicyclic) bond motifs is 1. The summed E-state index contributed by atoms with van der Waals surface area (Å²) in [6, 6.07) is 4.92. The molecule has 0 radical (unpaired) electrons. The monoisotopic (exact) mass is 340 g/mol. The summed E-state index contributed by atoms with van der Waals surface area (Å²) in [5.74, 6) is -0.846. The third-order valence-corrected chi connectivity index (χ3v) is 3.87. The van der Waals surface area contributed by atoms with Crippen LogP contribution < -0.4 is 11.2 Å². The lowest BCUT2D eigenvalue weighted by atomic mass is 10.2. The molecule has 124 valence electrons. The van der Waals surface area contributed by atoms with Gasteiger partial charge < -0.3 is 9.15 Å². The van der Waals surface area contributed by atoms with Crippen LogP contribution in [0.4, 0.5) is 0 Å². The second-order valence-corrected chi connectivity index (χ2v) is 5.76. The molecule has 2 heterocycles. The van der Waals surface area contributed by atoms with Crippen LogP contribution >= 0.6 is 11.6 Å². The first kappa shape index (κ1) is 16.0. The van der Waals surface area contributed by atoms with E-state index in [1.54, 1.807) is 18.2 Å². The van der Waals surface area contributed by atoms with E-state index in [0.29, 0.717) is 22.7 Å². The summed E-state index contributed by atoms with van der Waals surface area (Å²) < 4.78 is 11.8. The highest BCUT2D eigenvalue weighted by atomic mass is 35.5. The first-order chi connectivity index (χ1) is 11.1. The molecule has 1 saturated heterocycles. The van der Waals surface area contributed by atoms with Gasteiger partial charge >= 0.3 is 5.76 Å². The molecule has 1 unspecified atom stereocenters. The Morgan fingerprint density at radius 2 is 2.30 bits per heavy atom. The van der Waals surface area contributed by atoms with E-state index in [1.807, 2.05) is 0 Å². The summed E-state index contributed by atoms with van der Waals surface area (Å²) in [5, 5.41) is 0.483. The van der Waals surface area contributed by atoms with Gasteiger partial charge in [-0.1, -0.05) is 11.6 Å². The van der Waals surface area contributed by atoms with Gasteiger partial charge in [0.2, 0.25) is 5.91 Å². The van der Waals surface area contributed by atoms with E-state index in [-0.39, 0.29) is 18.9 Å². The average Bonchev–Trinajstić information content (AvgIpc) is 2.86. The molecule has 1 aromatic carbocycles. The Hall–Kier alpha value is -1.83. The number of carbonyl (C=O) groups is 1. The topological polar surface area (TPSA) is 82.7 Å². The van der Waals surface area contributed by atoms with E-state index in [1.165, 1.54) is 4.57 Å². The molecule has 0 spiro atoms. The average molecular weight is 341 g/mol. The van der Waals surface area contributed by atoms with E-state index in [2.05, 4.69) is 5.48 Å². The number of hydrogen-bond donors (Lipinski definition) is 1. The normalized spacial score (nSPS) is 18.2. The van der Waals surface area contributed by atoms with Crippen molar-refractivity contribution in [3.05, 3.63) is 33.8 Å². The van der Waals surface area contributed by atoms with Gasteiger partial charge in [-0.2, -0.15) is 0 Å². The zero-order valence-corrected chi connectivity index (χ0v) is 13.2. The van der Waals surface area contributed by atoms with Crippen LogP contribution in [-0.2, 0) is 20.9 Å². The van der Waals surface area contributed by atoms with Gasteiger partial charge in [-0.25, -0.2) is 15.1 Å². The maximum atomic E-state index is 11.8. The molecule has 1 aliphatic heterocycles. The van der Waals surface area contributed by atoms with Crippen LogP contribution in [0.1, 0.15) is 25.7 Å². The van der Waals surface area contributed by atoms with Crippen molar-refractivity contribution < 1.29 is 18.8 Å². The Labute approximate surface area is 137 Å². The molecule has 3 rings (SSSR count). The van der Waals surface area contributed by atoms with Gasteiger partial charge in [0.1, 0.15) is 0 Å². The predicted octanol–water partition coefficient (Wildman–Crippen LogP) is 2.21. The van der Waals surface area contributed by atoms with Gasteiger partial charge in [0.05, 0.1) is 5.52 Å². The zero-order valence-electron chi connectivity index (χ0n) is 12.4. The summed E-state index contributed by atoms with van der Waals surface area (Å²) >= 11 is 5.86. The van der Waals surface area contributed by atoms with Gasteiger partial charge in [-0.15, -0.1) is 0 Å². The van der Waals surface area contributed by atoms with Gasteiger partial charge in [0.15, 0.2) is 11.9 Å². The van der Waals surface area contributed by atoms with Gasteiger partial charge in [0, 0.05) is 37.1 Å². The molecule has 1 fully saturated rings. The molecular weight excluding hydrogens is 324 g/mol. The third kappa shape index (κ3) is 3.93. The Morgan fingerprint density at radius 3 is 3.09 bits per heavy atom. The molecule has 23 heavy (non-hydrogen) atoms. The molecule has 7 nitrogen and oxygen atoms in total. The summed E-state index contributed by atoms with van der Waals surface area (Å²) in [6.45, 7) is 0.827. The fourth-order valence-corrected chi connectivity index (χ4v) is 2.61. The van der Waals surface area contributed by atoms with Gasteiger partial charge in [-0.05, 0) is 25.0 Å². The molecule has 1 amide bonds. The zero-order chi connectivity index (χ0) is 16.2. The minimum Gasteiger partial charge on any atom is -0.408 e. The van der Waals surface area contributed by atoms with Crippen LogP contribution in [0.25, 0.3) is 11.1 Å². The molecule has 1 aromatic heterocycles.